The molecule has 0 aliphatic carbocycles. The molecule has 5 amide bonds. The van der Waals surface area contributed by atoms with Crippen LogP contribution in [0.4, 0.5) is 0 Å². The van der Waals surface area contributed by atoms with Gasteiger partial charge in [-0.05, 0) is 54.7 Å². The average Bonchev–Trinajstić information content (AvgIpc) is 3.11. The van der Waals surface area contributed by atoms with Crippen molar-refractivity contribution >= 4 is 41.5 Å². The second-order valence-corrected chi connectivity index (χ2v) is 11.8. The number of phenols is 1. The largest absolute Gasteiger partial charge is 0.508 e. The molecular formula is C35H43N9O8. The number of nitrogens with one attached hydrogen (secondary N) is 4. The SMILES string of the molecule is NC(=O)[C@H](CCC(=O)O)NC(=O)[C@H](CCCN=C(N)N)NC(=O)[C@H](Cc1ccccc1)NC(=O)[C@H](Cc1ccc(O)cc1)NC(=O)c1cccnc1. The number of nitrogens with two attached hydrogens (primary N) is 3. The number of hydrogen-bond donors (Lipinski definition) is 9. The number of rotatable bonds is 20. The van der Waals surface area contributed by atoms with Crippen LogP contribution in [0.3, 0.4) is 0 Å². The van der Waals surface area contributed by atoms with Crippen LogP contribution in [0.5, 0.6) is 5.75 Å². The van der Waals surface area contributed by atoms with Crippen molar-refractivity contribution in [3.05, 3.63) is 95.8 Å². The fourth-order valence-corrected chi connectivity index (χ4v) is 5.02. The Balaban J connectivity index is 1.90. The predicted octanol–water partition coefficient (Wildman–Crippen LogP) is -0.771. The Bertz CT molecular complexity index is 1700. The summed E-state index contributed by atoms with van der Waals surface area (Å²) in [6.45, 7) is 0.0972. The van der Waals surface area contributed by atoms with Gasteiger partial charge in [0.15, 0.2) is 5.96 Å². The molecule has 17 nitrogen and oxygen atoms in total. The molecule has 1 heterocycles. The van der Waals surface area contributed by atoms with Crippen molar-refractivity contribution in [1.82, 2.24) is 26.3 Å². The third-order valence-corrected chi connectivity index (χ3v) is 7.72. The Labute approximate surface area is 299 Å². The summed E-state index contributed by atoms with van der Waals surface area (Å²) < 4.78 is 0. The summed E-state index contributed by atoms with van der Waals surface area (Å²) in [5.74, 6) is -5.28. The number of nitrogens with zero attached hydrogens (tertiary/aromatic N) is 2. The number of pyridine rings is 1. The van der Waals surface area contributed by atoms with Crippen LogP contribution in [0.1, 0.15) is 47.2 Å². The van der Waals surface area contributed by atoms with Crippen LogP contribution >= 0.6 is 0 Å². The first-order chi connectivity index (χ1) is 24.8. The van der Waals surface area contributed by atoms with E-state index in [2.05, 4.69) is 31.2 Å². The van der Waals surface area contributed by atoms with Crippen molar-refractivity contribution in [3.8, 4) is 5.75 Å². The summed E-state index contributed by atoms with van der Waals surface area (Å²) in [7, 11) is 0. The molecule has 12 N–H and O–H groups in total. The highest BCUT2D eigenvalue weighted by Gasteiger charge is 2.31. The smallest absolute Gasteiger partial charge is 0.303 e. The lowest BCUT2D eigenvalue weighted by atomic mass is 10.0. The fraction of sp³-hybridized carbons (Fsp3) is 0.314. The van der Waals surface area contributed by atoms with Crippen molar-refractivity contribution in [3.63, 3.8) is 0 Å². The summed E-state index contributed by atoms with van der Waals surface area (Å²) in [6.07, 6.45) is 2.23. The third-order valence-electron chi connectivity index (χ3n) is 7.72. The van der Waals surface area contributed by atoms with E-state index in [0.717, 1.165) is 0 Å². The van der Waals surface area contributed by atoms with Crippen LogP contribution in [0.15, 0.2) is 84.1 Å². The number of carbonyl (C=O) groups is 6. The minimum Gasteiger partial charge on any atom is -0.508 e. The number of aliphatic imine (C=N–C) groups is 1. The van der Waals surface area contributed by atoms with Gasteiger partial charge in [-0.1, -0.05) is 42.5 Å². The Hall–Kier alpha value is -6.52. The number of primary amides is 1. The number of carboxylic acids is 1. The van der Waals surface area contributed by atoms with E-state index in [-0.39, 0.29) is 55.9 Å². The molecule has 17 heteroatoms. The van der Waals surface area contributed by atoms with Gasteiger partial charge in [-0.2, -0.15) is 0 Å². The highest BCUT2D eigenvalue weighted by Crippen LogP contribution is 2.13. The third kappa shape index (κ3) is 13.8. The topological polar surface area (TPSA) is 294 Å². The molecule has 2 aromatic carbocycles. The maximum absolute atomic E-state index is 14.0. The normalized spacial score (nSPS) is 12.9. The second-order valence-electron chi connectivity index (χ2n) is 11.8. The number of phenolic OH excluding ortho intramolecular Hbond substituents is 1. The van der Waals surface area contributed by atoms with Crippen molar-refractivity contribution in [2.75, 3.05) is 6.54 Å². The van der Waals surface area contributed by atoms with E-state index in [1.54, 1.807) is 48.5 Å². The summed E-state index contributed by atoms with van der Waals surface area (Å²) in [6, 6.07) is 12.7. The van der Waals surface area contributed by atoms with E-state index in [0.29, 0.717) is 11.1 Å². The highest BCUT2D eigenvalue weighted by atomic mass is 16.4. The minimum atomic E-state index is -1.34. The molecule has 0 bridgehead atoms. The van der Waals surface area contributed by atoms with Crippen molar-refractivity contribution in [1.29, 1.82) is 0 Å². The fourth-order valence-electron chi connectivity index (χ4n) is 5.02. The highest BCUT2D eigenvalue weighted by molar-refractivity contribution is 5.99. The van der Waals surface area contributed by atoms with Gasteiger partial charge in [-0.15, -0.1) is 0 Å². The molecule has 1 aromatic heterocycles. The average molecular weight is 718 g/mol. The molecule has 0 fully saturated rings. The van der Waals surface area contributed by atoms with Crippen LogP contribution in [0.2, 0.25) is 0 Å². The summed E-state index contributed by atoms with van der Waals surface area (Å²) >= 11 is 0. The first-order valence-corrected chi connectivity index (χ1v) is 16.3. The van der Waals surface area contributed by atoms with Gasteiger partial charge in [0.05, 0.1) is 5.56 Å². The Kier molecular flexibility index (Phi) is 15.5. The maximum Gasteiger partial charge on any atom is 0.303 e. The van der Waals surface area contributed by atoms with Gasteiger partial charge in [0.1, 0.15) is 29.9 Å². The standard InChI is InChI=1S/C35H43N9O8/c36-30(48)25(14-15-29(46)47)41-32(50)26(9-5-17-40-35(37)38)42-33(51)28(18-21-6-2-1-3-7-21)44-34(52)27(19-22-10-12-24(45)13-11-22)43-31(49)23-8-4-16-39-20-23/h1-4,6-8,10-13,16,20,25-28,45H,5,9,14-15,17-19H2,(H2,36,48)(H,41,50)(H,42,51)(H,43,49)(H,44,52)(H,46,47)(H4,37,38,40)/t25-,26-,27-,28-/m0/s1. The van der Waals surface area contributed by atoms with Gasteiger partial charge in [0.25, 0.3) is 5.91 Å². The van der Waals surface area contributed by atoms with E-state index in [1.165, 1.54) is 30.6 Å². The zero-order chi connectivity index (χ0) is 38.0. The molecule has 276 valence electrons. The van der Waals surface area contributed by atoms with Crippen molar-refractivity contribution in [2.45, 2.75) is 62.7 Å². The van der Waals surface area contributed by atoms with Gasteiger partial charge >= 0.3 is 5.97 Å². The number of benzene rings is 2. The van der Waals surface area contributed by atoms with Crippen LogP contribution in [-0.4, -0.2) is 87.4 Å². The van der Waals surface area contributed by atoms with Crippen LogP contribution in [0, 0.1) is 0 Å². The second kappa shape index (κ2) is 20.2. The lowest BCUT2D eigenvalue weighted by molar-refractivity contribution is -0.138. The first kappa shape index (κ1) is 39.9. The van der Waals surface area contributed by atoms with Gasteiger partial charge in [0, 0.05) is 38.2 Å². The zero-order valence-corrected chi connectivity index (χ0v) is 28.2. The van der Waals surface area contributed by atoms with Gasteiger partial charge in [0.2, 0.25) is 23.6 Å². The summed E-state index contributed by atoms with van der Waals surface area (Å²) in [4.78, 5) is 85.4. The summed E-state index contributed by atoms with van der Waals surface area (Å²) in [5, 5.41) is 29.3. The number of carboxylic acid groups (broad SMARTS) is 1. The number of carbonyl (C=O) groups excluding carboxylic acids is 5. The molecule has 0 aliphatic heterocycles. The van der Waals surface area contributed by atoms with E-state index in [9.17, 15) is 33.9 Å². The molecule has 0 saturated carbocycles. The molecule has 4 atom stereocenters. The number of aromatic hydroxyl groups is 1. The van der Waals surface area contributed by atoms with E-state index in [4.69, 9.17) is 22.3 Å². The van der Waals surface area contributed by atoms with Gasteiger partial charge < -0.3 is 48.7 Å². The van der Waals surface area contributed by atoms with Crippen LogP contribution in [0.25, 0.3) is 0 Å². The maximum atomic E-state index is 14.0. The molecule has 0 saturated heterocycles. The van der Waals surface area contributed by atoms with Crippen LogP contribution in [-0.2, 0) is 36.8 Å². The molecule has 0 spiro atoms. The first-order valence-electron chi connectivity index (χ1n) is 16.3. The number of hydrogen-bond acceptors (Lipinski definition) is 9. The quantitative estimate of drug-likeness (QED) is 0.0397. The molecule has 3 aromatic rings. The van der Waals surface area contributed by atoms with Crippen molar-refractivity contribution in [2.24, 2.45) is 22.2 Å². The number of amides is 5. The Morgan fingerprint density at radius 3 is 1.85 bits per heavy atom. The number of guanidine groups is 1. The van der Waals surface area contributed by atoms with Gasteiger partial charge in [-0.25, -0.2) is 0 Å². The van der Waals surface area contributed by atoms with E-state index < -0.39 is 66.1 Å². The molecule has 0 radical (unpaired) electrons. The number of aromatic nitrogens is 1. The Morgan fingerprint density at radius 1 is 0.692 bits per heavy atom. The molecule has 52 heavy (non-hydrogen) atoms. The molecule has 3 rings (SSSR count). The van der Waals surface area contributed by atoms with Crippen molar-refractivity contribution < 1.29 is 39.0 Å². The lowest BCUT2D eigenvalue weighted by Crippen LogP contribution is -2.58. The Morgan fingerprint density at radius 2 is 1.27 bits per heavy atom. The van der Waals surface area contributed by atoms with E-state index >= 15 is 0 Å². The predicted molar refractivity (Wildman–Crippen MR) is 189 cm³/mol. The lowest BCUT2D eigenvalue weighted by Gasteiger charge is -2.26. The van der Waals surface area contributed by atoms with Crippen LogP contribution < -0.4 is 38.5 Å². The zero-order valence-electron chi connectivity index (χ0n) is 28.2. The molecule has 0 aliphatic rings. The summed E-state index contributed by atoms with van der Waals surface area (Å²) in [5.41, 5.74) is 17.7. The molecular weight excluding hydrogens is 674 g/mol. The van der Waals surface area contributed by atoms with E-state index in [1.807, 2.05) is 0 Å². The number of aliphatic carboxylic acids is 1. The molecule has 0 unspecified atom stereocenters. The van der Waals surface area contributed by atoms with Gasteiger partial charge in [-0.3, -0.25) is 38.7 Å². The minimum absolute atomic E-state index is 0.00432. The monoisotopic (exact) mass is 717 g/mol.